The molecule has 24 heavy (non-hydrogen) atoms. The number of nitrogens with zero attached hydrogens (tertiary/aromatic N) is 3. The van der Waals surface area contributed by atoms with Gasteiger partial charge < -0.3 is 9.84 Å². The fourth-order valence-corrected chi connectivity index (χ4v) is 1.80. The number of phenols is 1. The minimum absolute atomic E-state index is 0.0361. The van der Waals surface area contributed by atoms with E-state index in [0.717, 1.165) is 18.3 Å². The van der Waals surface area contributed by atoms with Crippen LogP contribution >= 0.6 is 0 Å². The average Bonchev–Trinajstić information content (AvgIpc) is 2.58. The number of hydrazone groups is 1. The Morgan fingerprint density at radius 3 is 2.92 bits per heavy atom. The van der Waals surface area contributed by atoms with Crippen LogP contribution in [0, 0.1) is 10.1 Å². The number of nitro groups is 1. The van der Waals surface area contributed by atoms with E-state index in [2.05, 4.69) is 15.5 Å². The molecule has 0 bridgehead atoms. The summed E-state index contributed by atoms with van der Waals surface area (Å²) in [7, 11) is 0. The second kappa shape index (κ2) is 7.68. The summed E-state index contributed by atoms with van der Waals surface area (Å²) in [6.45, 7) is 1.90. The molecule has 1 heterocycles. The molecule has 0 fully saturated rings. The predicted octanol–water partition coefficient (Wildman–Crippen LogP) is 1.86. The van der Waals surface area contributed by atoms with Crippen LogP contribution in [0.25, 0.3) is 0 Å². The fourth-order valence-electron chi connectivity index (χ4n) is 1.80. The van der Waals surface area contributed by atoms with E-state index in [1.54, 1.807) is 19.1 Å². The van der Waals surface area contributed by atoms with Crippen LogP contribution in [0.3, 0.4) is 0 Å². The van der Waals surface area contributed by atoms with Gasteiger partial charge in [0.05, 0.1) is 23.8 Å². The summed E-state index contributed by atoms with van der Waals surface area (Å²) < 4.78 is 5.15. The van der Waals surface area contributed by atoms with Gasteiger partial charge in [0.15, 0.2) is 11.5 Å². The first-order valence-corrected chi connectivity index (χ1v) is 6.91. The number of hydrogen-bond donors (Lipinski definition) is 2. The molecule has 0 spiro atoms. The lowest BCUT2D eigenvalue weighted by molar-refractivity contribution is -0.385. The lowest BCUT2D eigenvalue weighted by atomic mass is 10.1. The van der Waals surface area contributed by atoms with Crippen molar-refractivity contribution in [3.8, 4) is 11.5 Å². The summed E-state index contributed by atoms with van der Waals surface area (Å²) >= 11 is 0. The van der Waals surface area contributed by atoms with Gasteiger partial charge >= 0.3 is 0 Å². The summed E-state index contributed by atoms with van der Waals surface area (Å²) in [5.74, 6) is -0.899. The number of hydrogen-bond acceptors (Lipinski definition) is 7. The molecule has 0 aliphatic rings. The van der Waals surface area contributed by atoms with Gasteiger partial charge in [0.2, 0.25) is 0 Å². The van der Waals surface area contributed by atoms with Gasteiger partial charge in [0.1, 0.15) is 5.69 Å². The molecule has 2 N–H and O–H groups in total. The van der Waals surface area contributed by atoms with Crippen molar-refractivity contribution in [1.29, 1.82) is 0 Å². The molecule has 0 aliphatic carbocycles. The number of pyridine rings is 1. The highest BCUT2D eigenvalue weighted by Gasteiger charge is 2.16. The topological polar surface area (TPSA) is 127 Å². The fraction of sp³-hybridized carbons (Fsp3) is 0.133. The molecular weight excluding hydrogens is 316 g/mol. The summed E-state index contributed by atoms with van der Waals surface area (Å²) in [5.41, 5.74) is 2.15. The molecule has 0 radical (unpaired) electrons. The number of aromatic hydroxyl groups is 1. The minimum atomic E-state index is -0.619. The molecule has 0 saturated carbocycles. The predicted molar refractivity (Wildman–Crippen MR) is 85.2 cm³/mol. The Kier molecular flexibility index (Phi) is 5.40. The van der Waals surface area contributed by atoms with E-state index in [-0.39, 0.29) is 35.1 Å². The lowest BCUT2D eigenvalue weighted by Gasteiger charge is -2.07. The number of ether oxygens (including phenoxy) is 1. The number of nitro benzene ring substituents is 1. The largest absolute Gasteiger partial charge is 0.504 e. The van der Waals surface area contributed by atoms with Crippen LogP contribution in [0.5, 0.6) is 11.5 Å². The van der Waals surface area contributed by atoms with E-state index in [0.29, 0.717) is 0 Å². The number of carbonyl (C=O) groups is 1. The monoisotopic (exact) mass is 330 g/mol. The first-order chi connectivity index (χ1) is 11.5. The van der Waals surface area contributed by atoms with Crippen LogP contribution in [0.15, 0.2) is 41.6 Å². The summed E-state index contributed by atoms with van der Waals surface area (Å²) in [6.07, 6.45) is 2.55. The van der Waals surface area contributed by atoms with E-state index in [9.17, 15) is 20.0 Å². The van der Waals surface area contributed by atoms with E-state index >= 15 is 0 Å². The molecule has 124 valence electrons. The van der Waals surface area contributed by atoms with Gasteiger partial charge in [-0.25, -0.2) is 5.43 Å². The van der Waals surface area contributed by atoms with Crippen molar-refractivity contribution in [2.45, 2.75) is 6.92 Å². The maximum Gasteiger partial charge on any atom is 0.289 e. The molecule has 1 aromatic heterocycles. The highest BCUT2D eigenvalue weighted by Crippen LogP contribution is 2.33. The maximum atomic E-state index is 11.8. The van der Waals surface area contributed by atoms with E-state index in [4.69, 9.17) is 4.74 Å². The molecule has 0 saturated heterocycles. The lowest BCUT2D eigenvalue weighted by Crippen LogP contribution is -2.18. The van der Waals surface area contributed by atoms with Crippen molar-refractivity contribution < 1.29 is 19.6 Å². The first-order valence-electron chi connectivity index (χ1n) is 6.91. The van der Waals surface area contributed by atoms with Crippen LogP contribution < -0.4 is 10.2 Å². The van der Waals surface area contributed by atoms with Crippen LogP contribution in [0.1, 0.15) is 23.0 Å². The third-order valence-corrected chi connectivity index (χ3v) is 2.87. The number of amides is 1. The number of nitrogens with one attached hydrogen (secondary N) is 1. The van der Waals surface area contributed by atoms with Gasteiger partial charge in [0, 0.05) is 17.8 Å². The molecule has 2 aromatic rings. The second-order valence-electron chi connectivity index (χ2n) is 4.49. The third-order valence-electron chi connectivity index (χ3n) is 2.87. The smallest absolute Gasteiger partial charge is 0.289 e. The Labute approximate surface area is 136 Å². The number of carbonyl (C=O) groups excluding carboxylic acids is 1. The summed E-state index contributed by atoms with van der Waals surface area (Å²) in [4.78, 5) is 25.9. The SMILES string of the molecule is CCOc1cc([N+](=O)[O-])cc(/C=N/NC(=O)c2ccccn2)c1O. The van der Waals surface area contributed by atoms with Crippen molar-refractivity contribution in [2.75, 3.05) is 6.61 Å². The molecule has 0 aliphatic heterocycles. The van der Waals surface area contributed by atoms with Crippen molar-refractivity contribution >= 4 is 17.8 Å². The molecule has 1 amide bonds. The molecule has 9 heteroatoms. The number of aromatic nitrogens is 1. The van der Waals surface area contributed by atoms with Crippen molar-refractivity contribution in [1.82, 2.24) is 10.4 Å². The van der Waals surface area contributed by atoms with Gasteiger partial charge in [-0.1, -0.05) is 6.07 Å². The standard InChI is InChI=1S/C15H14N4O5/c1-2-24-13-8-11(19(22)23)7-10(14(13)20)9-17-18-15(21)12-5-3-4-6-16-12/h3-9,20H,2H2,1H3,(H,18,21)/b17-9+. The average molecular weight is 330 g/mol. The Morgan fingerprint density at radius 2 is 2.29 bits per heavy atom. The Hall–Kier alpha value is -3.49. The molecule has 9 nitrogen and oxygen atoms in total. The molecule has 0 atom stereocenters. The van der Waals surface area contributed by atoms with Crippen molar-refractivity contribution in [3.63, 3.8) is 0 Å². The zero-order chi connectivity index (χ0) is 17.5. The van der Waals surface area contributed by atoms with Crippen LogP contribution in [-0.2, 0) is 0 Å². The normalized spacial score (nSPS) is 10.5. The van der Waals surface area contributed by atoms with Gasteiger partial charge in [-0.3, -0.25) is 19.9 Å². The van der Waals surface area contributed by atoms with E-state index in [1.807, 2.05) is 0 Å². The van der Waals surface area contributed by atoms with Crippen LogP contribution in [0.4, 0.5) is 5.69 Å². The zero-order valence-corrected chi connectivity index (χ0v) is 12.7. The van der Waals surface area contributed by atoms with Crippen LogP contribution in [0.2, 0.25) is 0 Å². The summed E-state index contributed by atoms with van der Waals surface area (Å²) in [5, 5.41) is 24.7. The Bertz CT molecular complexity index is 777. The molecular formula is C15H14N4O5. The minimum Gasteiger partial charge on any atom is -0.504 e. The van der Waals surface area contributed by atoms with E-state index in [1.165, 1.54) is 12.3 Å². The van der Waals surface area contributed by atoms with E-state index < -0.39 is 10.8 Å². The molecule has 2 rings (SSSR count). The highest BCUT2D eigenvalue weighted by atomic mass is 16.6. The number of benzene rings is 1. The molecule has 1 aromatic carbocycles. The number of phenolic OH excluding ortho intramolecular Hbond substituents is 1. The van der Waals surface area contributed by atoms with Crippen molar-refractivity contribution in [2.24, 2.45) is 5.10 Å². The quantitative estimate of drug-likeness (QED) is 0.473. The highest BCUT2D eigenvalue weighted by molar-refractivity contribution is 5.93. The number of rotatable bonds is 6. The maximum absolute atomic E-state index is 11.8. The van der Waals surface area contributed by atoms with Crippen molar-refractivity contribution in [3.05, 3.63) is 57.9 Å². The van der Waals surface area contributed by atoms with Gasteiger partial charge in [-0.15, -0.1) is 0 Å². The summed E-state index contributed by atoms with van der Waals surface area (Å²) in [6, 6.07) is 7.04. The van der Waals surface area contributed by atoms with Crippen LogP contribution in [-0.4, -0.2) is 33.7 Å². The first kappa shape index (κ1) is 16.9. The van der Waals surface area contributed by atoms with Gasteiger partial charge in [0.25, 0.3) is 11.6 Å². The Morgan fingerprint density at radius 1 is 1.50 bits per heavy atom. The second-order valence-corrected chi connectivity index (χ2v) is 4.49. The number of non-ortho nitro benzene ring substituents is 1. The Balaban J connectivity index is 2.21. The molecule has 0 unspecified atom stereocenters. The zero-order valence-electron chi connectivity index (χ0n) is 12.7. The third kappa shape index (κ3) is 4.03. The van der Waals surface area contributed by atoms with Gasteiger partial charge in [-0.2, -0.15) is 5.10 Å². The van der Waals surface area contributed by atoms with Gasteiger partial charge in [-0.05, 0) is 19.1 Å².